The number of sulfone groups is 1. The Morgan fingerprint density at radius 2 is 2.05 bits per heavy atom. The zero-order valence-electron chi connectivity index (χ0n) is 9.79. The highest BCUT2D eigenvalue weighted by molar-refractivity contribution is 7.95. The standard InChI is InChI=1S/C10H11Cl2NO5S/c1-2-19(17,18)10(11,12)9(14)7-4-3-5-8(6-7)13(15)16/h3-6,9,14H,2H2,1H3. The molecule has 0 saturated carbocycles. The van der Waals surface area contributed by atoms with Crippen LogP contribution in [-0.2, 0) is 9.84 Å². The van der Waals surface area contributed by atoms with Gasteiger partial charge in [0.15, 0.2) is 9.84 Å². The normalized spacial score (nSPS) is 14.1. The first kappa shape index (κ1) is 16.2. The second-order valence-corrected chi connectivity index (χ2v) is 8.00. The number of rotatable bonds is 5. The van der Waals surface area contributed by atoms with Gasteiger partial charge in [0.05, 0.1) is 10.7 Å². The van der Waals surface area contributed by atoms with Gasteiger partial charge in [-0.15, -0.1) is 0 Å². The van der Waals surface area contributed by atoms with Gasteiger partial charge in [-0.1, -0.05) is 42.3 Å². The fourth-order valence-corrected chi connectivity index (χ4v) is 3.13. The molecule has 0 heterocycles. The maximum absolute atomic E-state index is 11.7. The lowest BCUT2D eigenvalue weighted by atomic mass is 10.1. The van der Waals surface area contributed by atoms with E-state index in [1.54, 1.807) is 0 Å². The third-order valence-electron chi connectivity index (χ3n) is 2.51. The molecular formula is C10H11Cl2NO5S. The molecule has 0 aromatic heterocycles. The molecule has 19 heavy (non-hydrogen) atoms. The fourth-order valence-electron chi connectivity index (χ4n) is 1.36. The maximum atomic E-state index is 11.7. The van der Waals surface area contributed by atoms with Crippen LogP contribution in [0.25, 0.3) is 0 Å². The van der Waals surface area contributed by atoms with Crippen LogP contribution in [0.2, 0.25) is 0 Å². The lowest BCUT2D eigenvalue weighted by molar-refractivity contribution is -0.385. The number of nitrogens with zero attached hydrogens (tertiary/aromatic N) is 1. The van der Waals surface area contributed by atoms with E-state index in [9.17, 15) is 23.6 Å². The van der Waals surface area contributed by atoms with E-state index in [1.807, 2.05) is 0 Å². The van der Waals surface area contributed by atoms with Crippen molar-refractivity contribution in [3.05, 3.63) is 39.9 Å². The first-order chi connectivity index (χ1) is 8.63. The molecule has 0 radical (unpaired) electrons. The van der Waals surface area contributed by atoms with E-state index in [0.717, 1.165) is 6.07 Å². The van der Waals surface area contributed by atoms with E-state index >= 15 is 0 Å². The van der Waals surface area contributed by atoms with Gasteiger partial charge in [0.1, 0.15) is 6.10 Å². The number of nitro benzene ring substituents is 1. The summed E-state index contributed by atoms with van der Waals surface area (Å²) in [6.45, 7) is 1.33. The minimum absolute atomic E-state index is 0.0452. The monoisotopic (exact) mass is 327 g/mol. The van der Waals surface area contributed by atoms with Gasteiger partial charge in [-0.3, -0.25) is 10.1 Å². The van der Waals surface area contributed by atoms with Crippen molar-refractivity contribution >= 4 is 38.7 Å². The number of hydrogen-bond donors (Lipinski definition) is 1. The number of nitro groups is 1. The third-order valence-corrected chi connectivity index (χ3v) is 6.15. The average molecular weight is 328 g/mol. The maximum Gasteiger partial charge on any atom is 0.269 e. The summed E-state index contributed by atoms with van der Waals surface area (Å²) in [6.07, 6.45) is -1.79. The Bertz CT molecular complexity index is 587. The molecule has 1 aromatic carbocycles. The van der Waals surface area contributed by atoms with Crippen LogP contribution in [0.15, 0.2) is 24.3 Å². The van der Waals surface area contributed by atoms with E-state index in [2.05, 4.69) is 0 Å². The summed E-state index contributed by atoms with van der Waals surface area (Å²) in [6, 6.07) is 4.84. The lowest BCUT2D eigenvalue weighted by Crippen LogP contribution is -2.34. The molecule has 1 atom stereocenters. The van der Waals surface area contributed by atoms with E-state index in [0.29, 0.717) is 0 Å². The van der Waals surface area contributed by atoms with Crippen LogP contribution in [0.1, 0.15) is 18.6 Å². The van der Waals surface area contributed by atoms with E-state index in [4.69, 9.17) is 23.2 Å². The Labute approximate surface area is 120 Å². The molecule has 106 valence electrons. The van der Waals surface area contributed by atoms with Crippen LogP contribution in [0.4, 0.5) is 5.69 Å². The summed E-state index contributed by atoms with van der Waals surface area (Å²) in [5.41, 5.74) is -0.342. The van der Waals surface area contributed by atoms with Crippen molar-refractivity contribution < 1.29 is 18.4 Å². The highest BCUT2D eigenvalue weighted by atomic mass is 35.5. The molecule has 9 heteroatoms. The molecule has 0 amide bonds. The van der Waals surface area contributed by atoms with Gasteiger partial charge in [-0.05, 0) is 5.56 Å². The van der Waals surface area contributed by atoms with Crippen LogP contribution in [0.3, 0.4) is 0 Å². The Morgan fingerprint density at radius 3 is 2.53 bits per heavy atom. The van der Waals surface area contributed by atoms with E-state index in [-0.39, 0.29) is 17.0 Å². The van der Waals surface area contributed by atoms with Crippen molar-refractivity contribution in [2.45, 2.75) is 16.7 Å². The number of hydrogen-bond acceptors (Lipinski definition) is 5. The van der Waals surface area contributed by atoms with Gasteiger partial charge in [0, 0.05) is 12.1 Å². The molecule has 0 bridgehead atoms. The van der Waals surface area contributed by atoms with Crippen LogP contribution in [0, 0.1) is 10.1 Å². The molecule has 1 unspecified atom stereocenters. The summed E-state index contributed by atoms with van der Waals surface area (Å²) < 4.78 is 20.9. The lowest BCUT2D eigenvalue weighted by Gasteiger charge is -2.25. The predicted octanol–water partition coefficient (Wildman–Crippen LogP) is 2.19. The summed E-state index contributed by atoms with van der Waals surface area (Å²) in [7, 11) is -3.97. The quantitative estimate of drug-likeness (QED) is 0.508. The SMILES string of the molecule is CCS(=O)(=O)C(Cl)(Cl)C(O)c1cccc([N+](=O)[O-])c1. The zero-order chi connectivity index (χ0) is 14.8. The highest BCUT2D eigenvalue weighted by Gasteiger charge is 2.46. The van der Waals surface area contributed by atoms with Crippen LogP contribution < -0.4 is 0 Å². The zero-order valence-corrected chi connectivity index (χ0v) is 12.1. The Balaban J connectivity index is 3.24. The first-order valence-electron chi connectivity index (χ1n) is 5.16. The Kier molecular flexibility index (Phi) is 4.78. The molecule has 1 rings (SSSR count). The molecule has 6 nitrogen and oxygen atoms in total. The number of aliphatic hydroxyl groups is 1. The summed E-state index contributed by atoms with van der Waals surface area (Å²) in [5, 5.41) is 20.6. The van der Waals surface area contributed by atoms with Gasteiger partial charge in [0.25, 0.3) is 5.69 Å². The van der Waals surface area contributed by atoms with Crippen molar-refractivity contribution in [2.24, 2.45) is 0 Å². The topological polar surface area (TPSA) is 97.5 Å². The van der Waals surface area contributed by atoms with Crippen LogP contribution in [-0.4, -0.2) is 27.9 Å². The molecular weight excluding hydrogens is 317 g/mol. The Hall–Kier alpha value is -0.890. The Morgan fingerprint density at radius 1 is 1.47 bits per heavy atom. The van der Waals surface area contributed by atoms with Crippen molar-refractivity contribution in [1.29, 1.82) is 0 Å². The van der Waals surface area contributed by atoms with Crippen molar-refractivity contribution in [1.82, 2.24) is 0 Å². The molecule has 0 spiro atoms. The van der Waals surface area contributed by atoms with Crippen molar-refractivity contribution in [3.8, 4) is 0 Å². The smallest absolute Gasteiger partial charge is 0.269 e. The number of non-ortho nitro benzene ring substituents is 1. The fraction of sp³-hybridized carbons (Fsp3) is 0.400. The van der Waals surface area contributed by atoms with Gasteiger partial charge in [0.2, 0.25) is 3.67 Å². The average Bonchev–Trinajstić information content (AvgIpc) is 2.37. The molecule has 1 aromatic rings. The van der Waals surface area contributed by atoms with Crippen LogP contribution in [0.5, 0.6) is 0 Å². The van der Waals surface area contributed by atoms with Crippen molar-refractivity contribution in [2.75, 3.05) is 5.75 Å². The van der Waals surface area contributed by atoms with Gasteiger partial charge in [-0.25, -0.2) is 8.42 Å². The summed E-state index contributed by atoms with van der Waals surface area (Å²) in [5.74, 6) is -0.369. The van der Waals surface area contributed by atoms with Crippen LogP contribution >= 0.6 is 23.2 Å². The molecule has 0 aliphatic carbocycles. The molecule has 0 aliphatic rings. The second kappa shape index (κ2) is 5.62. The number of halogens is 2. The minimum atomic E-state index is -3.97. The molecule has 0 aliphatic heterocycles. The number of aliphatic hydroxyl groups excluding tert-OH is 1. The molecule has 0 fully saturated rings. The van der Waals surface area contributed by atoms with Gasteiger partial charge < -0.3 is 5.11 Å². The third kappa shape index (κ3) is 3.17. The molecule has 0 saturated heterocycles. The van der Waals surface area contributed by atoms with Gasteiger partial charge in [-0.2, -0.15) is 0 Å². The highest BCUT2D eigenvalue weighted by Crippen LogP contribution is 2.41. The summed E-state index contributed by atoms with van der Waals surface area (Å²) in [4.78, 5) is 9.95. The minimum Gasteiger partial charge on any atom is -0.384 e. The summed E-state index contributed by atoms with van der Waals surface area (Å²) >= 11 is 11.4. The van der Waals surface area contributed by atoms with E-state index in [1.165, 1.54) is 25.1 Å². The first-order valence-corrected chi connectivity index (χ1v) is 7.57. The number of alkyl halides is 2. The van der Waals surface area contributed by atoms with Crippen molar-refractivity contribution in [3.63, 3.8) is 0 Å². The predicted molar refractivity (Wildman–Crippen MR) is 72.0 cm³/mol. The largest absolute Gasteiger partial charge is 0.384 e. The molecule has 1 N–H and O–H groups in total. The number of benzene rings is 1. The van der Waals surface area contributed by atoms with E-state index < -0.39 is 24.5 Å². The second-order valence-electron chi connectivity index (χ2n) is 3.72. The van der Waals surface area contributed by atoms with Gasteiger partial charge >= 0.3 is 0 Å².